The number of carboxylic acid groups (broad SMARTS) is 2. The van der Waals surface area contributed by atoms with Gasteiger partial charge in [-0.3, -0.25) is 9.09 Å². The highest BCUT2D eigenvalue weighted by atomic mass is 35.5. The summed E-state index contributed by atoms with van der Waals surface area (Å²) in [6, 6.07) is 7.32. The number of aliphatic hydroxyl groups excluding tert-OH is 2. The van der Waals surface area contributed by atoms with E-state index in [-0.39, 0.29) is 19.1 Å². The second kappa shape index (κ2) is 13.1. The molecule has 3 aromatic rings. The van der Waals surface area contributed by atoms with Gasteiger partial charge in [0, 0.05) is 18.0 Å². The number of fused-ring (bicyclic) bond motifs is 1. The van der Waals surface area contributed by atoms with Gasteiger partial charge in [-0.1, -0.05) is 23.7 Å². The molecule has 1 aliphatic rings. The zero-order chi connectivity index (χ0) is 27.9. The molecule has 0 amide bonds. The van der Waals surface area contributed by atoms with E-state index in [1.807, 2.05) is 12.1 Å². The first-order valence-corrected chi connectivity index (χ1v) is 13.1. The molecule has 3 heterocycles. The van der Waals surface area contributed by atoms with Crippen LogP contribution in [-0.2, 0) is 34.5 Å². The smallest absolute Gasteiger partial charge is 0.356 e. The summed E-state index contributed by atoms with van der Waals surface area (Å²) in [5.74, 6) is -3.21. The van der Waals surface area contributed by atoms with Crippen LogP contribution in [0.3, 0.4) is 0 Å². The van der Waals surface area contributed by atoms with Crippen molar-refractivity contribution in [2.45, 2.75) is 31.3 Å². The van der Waals surface area contributed by atoms with Crippen LogP contribution >= 0.6 is 19.2 Å². The SMILES string of the molecule is Nc1ncnc2c1ncn2CCOC[P@@]1(=O)OCC[C@@H](c2cccc(Cl)c2)O1.O=C(O)C(O)C(O)C(=O)O. The lowest BCUT2D eigenvalue weighted by molar-refractivity contribution is -0.165. The van der Waals surface area contributed by atoms with Crippen molar-refractivity contribution in [2.24, 2.45) is 0 Å². The fraction of sp³-hybridized carbons (Fsp3) is 0.381. The standard InChI is InChI=1S/C17H19ClN5O4P.C4H6O6/c18-13-3-1-2-12(8-13)14-4-6-26-28(24,27-14)11-25-7-5-23-10-22-15-16(19)20-9-21-17(15)23;5-1(3(7)8)2(6)4(9)10/h1-3,8-10,14H,4-7,11H2,(H2,19,20,21);1-2,5-6H,(H,7,8)(H,9,10)/t14-,28+;/m0./s1. The maximum absolute atomic E-state index is 12.9. The highest BCUT2D eigenvalue weighted by Gasteiger charge is 2.34. The molecule has 1 saturated heterocycles. The lowest BCUT2D eigenvalue weighted by Gasteiger charge is -2.30. The number of anilines is 1. The van der Waals surface area contributed by atoms with Crippen LogP contribution in [0.1, 0.15) is 18.1 Å². The number of nitrogen functional groups attached to an aromatic ring is 1. The maximum Gasteiger partial charge on any atom is 0.356 e. The minimum atomic E-state index is -3.35. The molecule has 38 heavy (non-hydrogen) atoms. The molecule has 2 unspecified atom stereocenters. The van der Waals surface area contributed by atoms with Gasteiger partial charge >= 0.3 is 19.5 Å². The van der Waals surface area contributed by atoms with Crippen LogP contribution in [0.2, 0.25) is 5.02 Å². The van der Waals surface area contributed by atoms with Crippen LogP contribution in [0, 0.1) is 0 Å². The number of carboxylic acids is 2. The molecule has 206 valence electrons. The van der Waals surface area contributed by atoms with Gasteiger partial charge in [0.05, 0.1) is 25.6 Å². The quantitative estimate of drug-likeness (QED) is 0.179. The van der Waals surface area contributed by atoms with Crippen molar-refractivity contribution in [1.82, 2.24) is 19.5 Å². The third-order valence-electron chi connectivity index (χ3n) is 5.14. The molecule has 0 spiro atoms. The lowest BCUT2D eigenvalue weighted by atomic mass is 10.1. The summed E-state index contributed by atoms with van der Waals surface area (Å²) in [5, 5.41) is 33.1. The van der Waals surface area contributed by atoms with Gasteiger partial charge in [-0.2, -0.15) is 0 Å². The highest BCUT2D eigenvalue weighted by Crippen LogP contribution is 2.56. The van der Waals surface area contributed by atoms with E-state index < -0.39 is 31.7 Å². The molecule has 17 heteroatoms. The van der Waals surface area contributed by atoms with Gasteiger partial charge in [0.15, 0.2) is 23.7 Å². The average molecular weight is 574 g/mol. The molecule has 1 fully saturated rings. The Bertz CT molecular complexity index is 1310. The Balaban J connectivity index is 0.000000342. The van der Waals surface area contributed by atoms with Gasteiger partial charge in [-0.15, -0.1) is 0 Å². The zero-order valence-electron chi connectivity index (χ0n) is 19.7. The van der Waals surface area contributed by atoms with Gasteiger partial charge in [-0.25, -0.2) is 24.5 Å². The Labute approximate surface area is 220 Å². The van der Waals surface area contributed by atoms with E-state index in [4.69, 9.17) is 51.5 Å². The first-order valence-electron chi connectivity index (χ1n) is 11.0. The summed E-state index contributed by atoms with van der Waals surface area (Å²) in [6.07, 6.45) is -1.40. The van der Waals surface area contributed by atoms with Crippen LogP contribution in [0.15, 0.2) is 36.9 Å². The van der Waals surface area contributed by atoms with Crippen molar-refractivity contribution in [3.8, 4) is 0 Å². The third kappa shape index (κ3) is 7.68. The number of halogens is 1. The topological polar surface area (TPSA) is 229 Å². The molecule has 0 radical (unpaired) electrons. The predicted octanol–water partition coefficient (Wildman–Crippen LogP) is 1.28. The molecule has 2 aromatic heterocycles. The van der Waals surface area contributed by atoms with Crippen LogP contribution in [-0.4, -0.2) is 83.7 Å². The Morgan fingerprint density at radius 3 is 2.58 bits per heavy atom. The molecule has 1 aromatic carbocycles. The van der Waals surface area contributed by atoms with Crippen molar-refractivity contribution in [1.29, 1.82) is 0 Å². The largest absolute Gasteiger partial charge is 0.479 e. The Morgan fingerprint density at radius 1 is 1.21 bits per heavy atom. The number of rotatable bonds is 9. The van der Waals surface area contributed by atoms with Crippen molar-refractivity contribution in [3.05, 3.63) is 47.5 Å². The predicted molar refractivity (Wildman–Crippen MR) is 131 cm³/mol. The number of aliphatic hydroxyl groups is 2. The van der Waals surface area contributed by atoms with E-state index >= 15 is 0 Å². The van der Waals surface area contributed by atoms with E-state index in [2.05, 4.69) is 15.0 Å². The first kappa shape index (κ1) is 29.4. The number of nitrogens with two attached hydrogens (primary N) is 1. The molecule has 1 aliphatic heterocycles. The van der Waals surface area contributed by atoms with E-state index in [1.165, 1.54) is 6.33 Å². The number of imidazole rings is 1. The molecule has 15 nitrogen and oxygen atoms in total. The van der Waals surface area contributed by atoms with Gasteiger partial charge in [0.2, 0.25) is 0 Å². The molecule has 4 atom stereocenters. The number of carbonyl (C=O) groups is 2. The molecule has 4 rings (SSSR count). The van der Waals surface area contributed by atoms with Crippen molar-refractivity contribution in [3.63, 3.8) is 0 Å². The van der Waals surface area contributed by atoms with Crippen LogP contribution < -0.4 is 5.73 Å². The summed E-state index contributed by atoms with van der Waals surface area (Å²) < 4.78 is 31.3. The van der Waals surface area contributed by atoms with Crippen molar-refractivity contribution < 1.29 is 48.4 Å². The number of hydrogen-bond acceptors (Lipinski definition) is 12. The van der Waals surface area contributed by atoms with E-state index in [1.54, 1.807) is 23.0 Å². The molecular weight excluding hydrogens is 549 g/mol. The molecule has 0 saturated carbocycles. The fourth-order valence-electron chi connectivity index (χ4n) is 3.25. The lowest BCUT2D eigenvalue weighted by Crippen LogP contribution is -2.39. The van der Waals surface area contributed by atoms with Crippen molar-refractivity contribution >= 4 is 48.1 Å². The van der Waals surface area contributed by atoms with E-state index in [0.717, 1.165) is 5.56 Å². The normalized spacial score (nSPS) is 20.8. The summed E-state index contributed by atoms with van der Waals surface area (Å²) >= 11 is 6.03. The summed E-state index contributed by atoms with van der Waals surface area (Å²) in [6.45, 7) is 1.08. The van der Waals surface area contributed by atoms with E-state index in [0.29, 0.717) is 41.6 Å². The number of aromatic nitrogens is 4. The third-order valence-corrected chi connectivity index (χ3v) is 7.02. The fourth-order valence-corrected chi connectivity index (χ4v) is 5.00. The zero-order valence-corrected chi connectivity index (χ0v) is 21.3. The molecule has 0 bridgehead atoms. The van der Waals surface area contributed by atoms with Crippen LogP contribution in [0.5, 0.6) is 0 Å². The number of ether oxygens (including phenoxy) is 1. The monoisotopic (exact) mass is 573 g/mol. The van der Waals surface area contributed by atoms with Crippen molar-refractivity contribution in [2.75, 3.05) is 25.3 Å². The second-order valence-electron chi connectivity index (χ2n) is 7.85. The minimum absolute atomic E-state index is 0.131. The molecule has 6 N–H and O–H groups in total. The first-order chi connectivity index (χ1) is 18.0. The summed E-state index contributed by atoms with van der Waals surface area (Å²) in [4.78, 5) is 31.8. The Morgan fingerprint density at radius 2 is 1.92 bits per heavy atom. The van der Waals surface area contributed by atoms with Gasteiger partial charge in [0.1, 0.15) is 18.2 Å². The van der Waals surface area contributed by atoms with Crippen LogP contribution in [0.4, 0.5) is 5.82 Å². The average Bonchev–Trinajstić information content (AvgIpc) is 3.30. The maximum atomic E-state index is 12.9. The van der Waals surface area contributed by atoms with Gasteiger partial charge < -0.3 is 40.0 Å². The summed E-state index contributed by atoms with van der Waals surface area (Å²) in [5.41, 5.74) is 7.81. The number of nitrogens with zero attached hydrogens (tertiary/aromatic N) is 4. The van der Waals surface area contributed by atoms with Crippen LogP contribution in [0.25, 0.3) is 11.2 Å². The number of benzene rings is 1. The van der Waals surface area contributed by atoms with E-state index in [9.17, 15) is 14.2 Å². The van der Waals surface area contributed by atoms with Gasteiger partial charge in [-0.05, 0) is 17.7 Å². The summed E-state index contributed by atoms with van der Waals surface area (Å²) in [7, 11) is -3.35. The Kier molecular flexibility index (Phi) is 10.1. The number of hydrogen-bond donors (Lipinski definition) is 5. The molecule has 0 aliphatic carbocycles. The highest BCUT2D eigenvalue weighted by molar-refractivity contribution is 7.53. The Hall–Kier alpha value is -3.17. The van der Waals surface area contributed by atoms with Gasteiger partial charge in [0.25, 0.3) is 0 Å². The number of aliphatic carboxylic acids is 2. The molecular formula is C21H25ClN5O10P. The second-order valence-corrected chi connectivity index (χ2v) is 10.2. The minimum Gasteiger partial charge on any atom is -0.479 e.